The van der Waals surface area contributed by atoms with E-state index in [2.05, 4.69) is 26.3 Å². The highest BCUT2D eigenvalue weighted by Crippen LogP contribution is 2.20. The molecule has 0 spiro atoms. The van der Waals surface area contributed by atoms with Crippen LogP contribution in [0.5, 0.6) is 0 Å². The lowest BCUT2D eigenvalue weighted by Gasteiger charge is -2.07. The number of hydrogen-bond acceptors (Lipinski definition) is 2. The molecule has 2 rings (SSSR count). The number of nitrogens with one attached hydrogen (secondary N) is 1. The molecule has 5 heteroatoms. The van der Waals surface area contributed by atoms with Gasteiger partial charge >= 0.3 is 0 Å². The Morgan fingerprint density at radius 2 is 2.06 bits per heavy atom. The number of amides is 1. The molecule has 0 aliphatic carbocycles. The molecule has 0 saturated heterocycles. The van der Waals surface area contributed by atoms with E-state index in [1.165, 1.54) is 0 Å². The van der Waals surface area contributed by atoms with E-state index in [0.717, 1.165) is 15.7 Å². The largest absolute Gasteiger partial charge is 0.307 e. The molecule has 0 radical (unpaired) electrons. The predicted molar refractivity (Wildman–Crippen MR) is 74.8 cm³/mol. The van der Waals surface area contributed by atoms with Crippen LogP contribution in [-0.4, -0.2) is 15.7 Å². The van der Waals surface area contributed by atoms with Gasteiger partial charge in [-0.1, -0.05) is 6.07 Å². The number of anilines is 1. The molecule has 1 aromatic carbocycles. The van der Waals surface area contributed by atoms with Crippen molar-refractivity contribution in [3.63, 3.8) is 0 Å². The first-order valence-electron chi connectivity index (χ1n) is 5.55. The Bertz CT molecular complexity index is 604. The molecular weight excluding hydrogens is 294 g/mol. The first-order valence-corrected chi connectivity index (χ1v) is 6.35. The van der Waals surface area contributed by atoms with Gasteiger partial charge in [0.1, 0.15) is 5.82 Å². The molecule has 0 fully saturated rings. The van der Waals surface area contributed by atoms with Crippen molar-refractivity contribution >= 4 is 27.7 Å². The Morgan fingerprint density at radius 1 is 1.33 bits per heavy atom. The molecular formula is C13H14BrN3O. The number of carbonyl (C=O) groups excluding carboxylic acids is 1. The summed E-state index contributed by atoms with van der Waals surface area (Å²) in [6, 6.07) is 7.47. The summed E-state index contributed by atoms with van der Waals surface area (Å²) in [6.45, 7) is 3.87. The summed E-state index contributed by atoms with van der Waals surface area (Å²) < 4.78 is 2.44. The fourth-order valence-electron chi connectivity index (χ4n) is 1.72. The van der Waals surface area contributed by atoms with Crippen LogP contribution in [0.3, 0.4) is 0 Å². The van der Waals surface area contributed by atoms with Gasteiger partial charge < -0.3 is 5.32 Å². The van der Waals surface area contributed by atoms with Gasteiger partial charge in [0.25, 0.3) is 5.91 Å². The normalized spacial score (nSPS) is 10.4. The standard InChI is InChI=1S/C13H14BrN3O/c1-8-4-5-10(11(14)6-8)13(18)15-12-7-9(2)16-17(12)3/h4-7H,1-3H3,(H,15,18). The van der Waals surface area contributed by atoms with E-state index >= 15 is 0 Å². The Labute approximate surface area is 114 Å². The van der Waals surface area contributed by atoms with Gasteiger partial charge in [0.2, 0.25) is 0 Å². The lowest BCUT2D eigenvalue weighted by Crippen LogP contribution is -2.15. The van der Waals surface area contributed by atoms with Crippen molar-refractivity contribution in [3.8, 4) is 0 Å². The van der Waals surface area contributed by atoms with E-state index in [-0.39, 0.29) is 5.91 Å². The topological polar surface area (TPSA) is 46.9 Å². The van der Waals surface area contributed by atoms with Crippen LogP contribution in [0.2, 0.25) is 0 Å². The second kappa shape index (κ2) is 4.94. The molecule has 0 unspecified atom stereocenters. The maximum absolute atomic E-state index is 12.1. The molecule has 18 heavy (non-hydrogen) atoms. The van der Waals surface area contributed by atoms with E-state index in [1.807, 2.05) is 32.0 Å². The number of aryl methyl sites for hydroxylation is 3. The summed E-state index contributed by atoms with van der Waals surface area (Å²) in [7, 11) is 1.80. The molecule has 1 heterocycles. The zero-order valence-electron chi connectivity index (χ0n) is 10.5. The number of carbonyl (C=O) groups is 1. The molecule has 0 bridgehead atoms. The third-order valence-electron chi connectivity index (χ3n) is 2.61. The molecule has 94 valence electrons. The van der Waals surface area contributed by atoms with E-state index in [9.17, 15) is 4.79 Å². The number of benzene rings is 1. The molecule has 0 atom stereocenters. The molecule has 1 N–H and O–H groups in total. The van der Waals surface area contributed by atoms with Crippen LogP contribution in [0.4, 0.5) is 5.82 Å². The van der Waals surface area contributed by atoms with Crippen LogP contribution in [0.15, 0.2) is 28.7 Å². The van der Waals surface area contributed by atoms with Crippen LogP contribution in [0.25, 0.3) is 0 Å². The van der Waals surface area contributed by atoms with E-state index in [4.69, 9.17) is 0 Å². The molecule has 4 nitrogen and oxygen atoms in total. The van der Waals surface area contributed by atoms with Crippen molar-refractivity contribution in [3.05, 3.63) is 45.6 Å². The maximum Gasteiger partial charge on any atom is 0.257 e. The summed E-state index contributed by atoms with van der Waals surface area (Å²) >= 11 is 3.40. The smallest absolute Gasteiger partial charge is 0.257 e. The predicted octanol–water partition coefficient (Wildman–Crippen LogP) is 3.05. The van der Waals surface area contributed by atoms with Crippen LogP contribution in [0, 0.1) is 13.8 Å². The molecule has 1 aromatic heterocycles. The highest BCUT2D eigenvalue weighted by Gasteiger charge is 2.12. The van der Waals surface area contributed by atoms with Gasteiger partial charge in [-0.25, -0.2) is 0 Å². The lowest BCUT2D eigenvalue weighted by atomic mass is 10.1. The van der Waals surface area contributed by atoms with Crippen molar-refractivity contribution in [2.45, 2.75) is 13.8 Å². The van der Waals surface area contributed by atoms with Crippen LogP contribution in [0.1, 0.15) is 21.6 Å². The van der Waals surface area contributed by atoms with Gasteiger partial charge in [-0.15, -0.1) is 0 Å². The summed E-state index contributed by atoms with van der Waals surface area (Å²) in [5, 5.41) is 7.02. The van der Waals surface area contributed by atoms with Crippen molar-refractivity contribution < 1.29 is 4.79 Å². The third kappa shape index (κ3) is 2.61. The molecule has 0 aliphatic heterocycles. The molecule has 1 amide bonds. The van der Waals surface area contributed by atoms with Crippen molar-refractivity contribution in [2.24, 2.45) is 7.05 Å². The first-order chi connectivity index (χ1) is 8.47. The molecule has 2 aromatic rings. The van der Waals surface area contributed by atoms with E-state index in [1.54, 1.807) is 17.8 Å². The average Bonchev–Trinajstić information content (AvgIpc) is 2.57. The second-order valence-corrected chi connectivity index (χ2v) is 5.09. The van der Waals surface area contributed by atoms with Gasteiger partial charge in [-0.05, 0) is 47.5 Å². The Hall–Kier alpha value is -1.62. The van der Waals surface area contributed by atoms with Crippen molar-refractivity contribution in [1.29, 1.82) is 0 Å². The molecule has 0 saturated carbocycles. The van der Waals surface area contributed by atoms with Crippen molar-refractivity contribution in [1.82, 2.24) is 9.78 Å². The fourth-order valence-corrected chi connectivity index (χ4v) is 2.39. The molecule has 0 aliphatic rings. The van der Waals surface area contributed by atoms with Crippen LogP contribution in [-0.2, 0) is 7.05 Å². The lowest BCUT2D eigenvalue weighted by molar-refractivity contribution is 0.102. The zero-order chi connectivity index (χ0) is 13.3. The summed E-state index contributed by atoms with van der Waals surface area (Å²) in [5.41, 5.74) is 2.59. The SMILES string of the molecule is Cc1ccc(C(=O)Nc2cc(C)nn2C)c(Br)c1. The van der Waals surface area contributed by atoms with E-state index in [0.29, 0.717) is 11.4 Å². The van der Waals surface area contributed by atoms with Crippen LogP contribution < -0.4 is 5.32 Å². The summed E-state index contributed by atoms with van der Waals surface area (Å²) in [4.78, 5) is 12.1. The zero-order valence-corrected chi connectivity index (χ0v) is 12.1. The Kier molecular flexibility index (Phi) is 3.52. The van der Waals surface area contributed by atoms with Gasteiger partial charge in [0.05, 0.1) is 11.3 Å². The van der Waals surface area contributed by atoms with Gasteiger partial charge in [0.15, 0.2) is 0 Å². The number of aromatic nitrogens is 2. The fraction of sp³-hybridized carbons (Fsp3) is 0.231. The quantitative estimate of drug-likeness (QED) is 0.927. The Morgan fingerprint density at radius 3 is 2.61 bits per heavy atom. The number of halogens is 1. The highest BCUT2D eigenvalue weighted by atomic mass is 79.9. The van der Waals surface area contributed by atoms with Gasteiger partial charge in [0, 0.05) is 17.6 Å². The number of hydrogen-bond donors (Lipinski definition) is 1. The summed E-state index contributed by atoms with van der Waals surface area (Å²) in [6.07, 6.45) is 0. The monoisotopic (exact) mass is 307 g/mol. The highest BCUT2D eigenvalue weighted by molar-refractivity contribution is 9.10. The first kappa shape index (κ1) is 12.8. The van der Waals surface area contributed by atoms with Crippen LogP contribution >= 0.6 is 15.9 Å². The minimum atomic E-state index is -0.148. The third-order valence-corrected chi connectivity index (χ3v) is 3.27. The van der Waals surface area contributed by atoms with E-state index < -0.39 is 0 Å². The second-order valence-electron chi connectivity index (χ2n) is 4.23. The summed E-state index contributed by atoms with van der Waals surface area (Å²) in [5.74, 6) is 0.537. The maximum atomic E-state index is 12.1. The number of rotatable bonds is 2. The minimum Gasteiger partial charge on any atom is -0.307 e. The van der Waals surface area contributed by atoms with Crippen molar-refractivity contribution in [2.75, 3.05) is 5.32 Å². The average molecular weight is 308 g/mol. The number of nitrogens with zero attached hydrogens (tertiary/aromatic N) is 2. The Balaban J connectivity index is 2.24. The van der Waals surface area contributed by atoms with Gasteiger partial charge in [-0.3, -0.25) is 9.48 Å². The van der Waals surface area contributed by atoms with Gasteiger partial charge in [-0.2, -0.15) is 5.10 Å². The minimum absolute atomic E-state index is 0.148.